The molecule has 230 valence electrons. The van der Waals surface area contributed by atoms with Gasteiger partial charge in [-0.05, 0) is 72.7 Å². The molecular weight excluding hydrogens is 643 g/mol. The molecule has 3 aromatic rings. The average molecular weight is 674 g/mol. The topological polar surface area (TPSA) is 88.5 Å². The third-order valence-corrected chi connectivity index (χ3v) is 9.00. The Morgan fingerprint density at radius 2 is 1.75 bits per heavy atom. The number of benzene rings is 3. The van der Waals surface area contributed by atoms with E-state index in [9.17, 15) is 9.59 Å². The summed E-state index contributed by atoms with van der Waals surface area (Å²) in [6.45, 7) is 5.23. The van der Waals surface area contributed by atoms with Crippen molar-refractivity contribution in [2.24, 2.45) is 0 Å². The Kier molecular flexibility index (Phi) is 11.2. The first-order valence-electron chi connectivity index (χ1n) is 14.0. The number of carboxylic acid groups (broad SMARTS) is 1. The summed E-state index contributed by atoms with van der Waals surface area (Å²) in [5.74, 6) is 0.0698. The molecule has 12 heteroatoms. The Hall–Kier alpha value is -3.12. The first-order valence-corrected chi connectivity index (χ1v) is 16.0. The highest BCUT2D eigenvalue weighted by molar-refractivity contribution is 8.26. The summed E-state index contributed by atoms with van der Waals surface area (Å²) in [5.41, 5.74) is 2.50. The number of morpholine rings is 1. The van der Waals surface area contributed by atoms with Gasteiger partial charge in [0.15, 0.2) is 0 Å². The van der Waals surface area contributed by atoms with Crippen LogP contribution in [0, 0.1) is 0 Å². The van der Waals surface area contributed by atoms with Gasteiger partial charge in [0, 0.05) is 47.4 Å². The van der Waals surface area contributed by atoms with Crippen LogP contribution in [0.2, 0.25) is 10.0 Å². The second kappa shape index (κ2) is 15.2. The Morgan fingerprint density at radius 3 is 2.50 bits per heavy atom. The zero-order valence-corrected chi connectivity index (χ0v) is 26.8. The number of carboxylic acids is 1. The molecule has 2 saturated heterocycles. The Bertz CT molecular complexity index is 1560. The number of hydrogen-bond acceptors (Lipinski definition) is 8. The molecule has 8 nitrogen and oxygen atoms in total. The van der Waals surface area contributed by atoms with E-state index < -0.39 is 5.97 Å². The lowest BCUT2D eigenvalue weighted by atomic mass is 10.0. The molecule has 3 aromatic carbocycles. The number of amides is 1. The van der Waals surface area contributed by atoms with E-state index >= 15 is 0 Å². The van der Waals surface area contributed by atoms with E-state index in [1.807, 2.05) is 24.3 Å². The van der Waals surface area contributed by atoms with Gasteiger partial charge in [-0.25, -0.2) is 4.79 Å². The fourth-order valence-corrected chi connectivity index (χ4v) is 6.44. The predicted octanol–water partition coefficient (Wildman–Crippen LogP) is 6.74. The monoisotopic (exact) mass is 672 g/mol. The molecular formula is C32H30Cl2N2O6S2. The normalized spacial score (nSPS) is 16.5. The van der Waals surface area contributed by atoms with Gasteiger partial charge in [0.2, 0.25) is 0 Å². The zero-order chi connectivity index (χ0) is 31.1. The highest BCUT2D eigenvalue weighted by Crippen LogP contribution is 2.39. The highest BCUT2D eigenvalue weighted by atomic mass is 35.5. The highest BCUT2D eigenvalue weighted by Gasteiger charge is 2.31. The third kappa shape index (κ3) is 8.32. The lowest BCUT2D eigenvalue weighted by molar-refractivity contribution is -0.122. The minimum atomic E-state index is -0.993. The quantitative estimate of drug-likeness (QED) is 0.128. The molecule has 2 aliphatic rings. The first kappa shape index (κ1) is 32.3. The number of nitrogens with zero attached hydrogens (tertiary/aromatic N) is 2. The summed E-state index contributed by atoms with van der Waals surface area (Å²) in [4.78, 5) is 28.7. The van der Waals surface area contributed by atoms with Gasteiger partial charge < -0.3 is 19.3 Å². The molecule has 0 radical (unpaired) electrons. The molecule has 1 N–H and O–H groups in total. The van der Waals surface area contributed by atoms with Crippen molar-refractivity contribution in [1.82, 2.24) is 9.80 Å². The number of halogens is 2. The van der Waals surface area contributed by atoms with Crippen molar-refractivity contribution in [2.45, 2.75) is 6.42 Å². The van der Waals surface area contributed by atoms with Gasteiger partial charge in [-0.1, -0.05) is 53.2 Å². The fraction of sp³-hybridized carbons (Fsp3) is 0.281. The number of carbonyl (C=O) groups excluding carboxylic acids is 1. The van der Waals surface area contributed by atoms with Crippen molar-refractivity contribution in [3.8, 4) is 22.6 Å². The molecule has 0 unspecified atom stereocenters. The van der Waals surface area contributed by atoms with Crippen molar-refractivity contribution < 1.29 is 28.9 Å². The molecule has 0 atom stereocenters. The summed E-state index contributed by atoms with van der Waals surface area (Å²) in [6.07, 6.45) is 2.37. The molecule has 0 bridgehead atoms. The van der Waals surface area contributed by atoms with Gasteiger partial charge in [-0.2, -0.15) is 0 Å². The van der Waals surface area contributed by atoms with E-state index in [-0.39, 0.29) is 11.5 Å². The van der Waals surface area contributed by atoms with Gasteiger partial charge >= 0.3 is 5.97 Å². The van der Waals surface area contributed by atoms with Gasteiger partial charge in [0.05, 0.1) is 30.3 Å². The summed E-state index contributed by atoms with van der Waals surface area (Å²) in [6, 6.07) is 17.2. The average Bonchev–Trinajstić information content (AvgIpc) is 3.29. The molecule has 0 aliphatic carbocycles. The Morgan fingerprint density at radius 1 is 0.977 bits per heavy atom. The molecule has 2 aliphatic heterocycles. The van der Waals surface area contributed by atoms with Crippen molar-refractivity contribution in [3.63, 3.8) is 0 Å². The summed E-state index contributed by atoms with van der Waals surface area (Å²) < 4.78 is 17.8. The number of carbonyl (C=O) groups is 2. The van der Waals surface area contributed by atoms with E-state index in [0.717, 1.165) is 49.5 Å². The van der Waals surface area contributed by atoms with Crippen LogP contribution < -0.4 is 9.47 Å². The Balaban J connectivity index is 1.26. The lowest BCUT2D eigenvalue weighted by Crippen LogP contribution is -2.38. The van der Waals surface area contributed by atoms with Crippen LogP contribution in [-0.4, -0.2) is 83.7 Å². The third-order valence-electron chi connectivity index (χ3n) is 7.06. The van der Waals surface area contributed by atoms with E-state index in [2.05, 4.69) is 4.90 Å². The van der Waals surface area contributed by atoms with Crippen LogP contribution in [0.4, 0.5) is 0 Å². The van der Waals surface area contributed by atoms with Gasteiger partial charge in [-0.15, -0.1) is 0 Å². The van der Waals surface area contributed by atoms with E-state index in [4.69, 9.17) is 54.7 Å². The van der Waals surface area contributed by atoms with E-state index in [0.29, 0.717) is 56.9 Å². The number of thiocarbonyl (C=S) groups is 1. The molecule has 2 heterocycles. The molecule has 2 fully saturated rings. The van der Waals surface area contributed by atoms with Crippen LogP contribution in [0.25, 0.3) is 17.2 Å². The van der Waals surface area contributed by atoms with Crippen LogP contribution in [0.5, 0.6) is 11.5 Å². The first-order chi connectivity index (χ1) is 21.3. The number of aromatic carboxylic acids is 1. The molecule has 1 amide bonds. The summed E-state index contributed by atoms with van der Waals surface area (Å²) in [7, 11) is 0. The molecule has 44 heavy (non-hydrogen) atoms. The van der Waals surface area contributed by atoms with E-state index in [1.54, 1.807) is 35.2 Å². The number of rotatable bonds is 12. The van der Waals surface area contributed by atoms with Crippen LogP contribution in [0.15, 0.2) is 65.6 Å². The van der Waals surface area contributed by atoms with Crippen LogP contribution >= 0.6 is 47.2 Å². The van der Waals surface area contributed by atoms with Crippen molar-refractivity contribution in [2.75, 3.05) is 52.6 Å². The minimum absolute atomic E-state index is 0.168. The van der Waals surface area contributed by atoms with Gasteiger partial charge in [0.25, 0.3) is 5.91 Å². The van der Waals surface area contributed by atoms with Crippen molar-refractivity contribution >= 4 is 69.5 Å². The lowest BCUT2D eigenvalue weighted by Gasteiger charge is -2.26. The summed E-state index contributed by atoms with van der Waals surface area (Å²) in [5, 5.41) is 10.1. The molecule has 5 rings (SSSR count). The van der Waals surface area contributed by atoms with Crippen molar-refractivity contribution in [1.29, 1.82) is 0 Å². The second-order valence-electron chi connectivity index (χ2n) is 10.0. The fourth-order valence-electron chi connectivity index (χ4n) is 4.74. The minimum Gasteiger partial charge on any atom is -0.494 e. The molecule has 0 saturated carbocycles. The SMILES string of the molecule is O=C(O)c1ccc(OCCCN2C(=O)/C(=C/c3ccc(OCCN4CCOCC4)c(-c4cc(Cl)ccc4Cl)c3)SC2=S)cc1. The predicted molar refractivity (Wildman–Crippen MR) is 178 cm³/mol. The molecule has 0 spiro atoms. The zero-order valence-electron chi connectivity index (χ0n) is 23.7. The maximum atomic E-state index is 13.3. The number of ether oxygens (including phenoxy) is 3. The van der Waals surface area contributed by atoms with Gasteiger partial charge in [0.1, 0.15) is 22.4 Å². The smallest absolute Gasteiger partial charge is 0.335 e. The molecule has 0 aromatic heterocycles. The number of thioether (sulfide) groups is 1. The summed E-state index contributed by atoms with van der Waals surface area (Å²) >= 11 is 19.7. The maximum Gasteiger partial charge on any atom is 0.335 e. The van der Waals surface area contributed by atoms with E-state index in [1.165, 1.54) is 23.9 Å². The van der Waals surface area contributed by atoms with Crippen LogP contribution in [-0.2, 0) is 9.53 Å². The number of hydrogen-bond donors (Lipinski definition) is 1. The second-order valence-corrected chi connectivity index (χ2v) is 12.6. The Labute approximate surface area is 275 Å². The van der Waals surface area contributed by atoms with Gasteiger partial charge in [-0.3, -0.25) is 14.6 Å². The maximum absolute atomic E-state index is 13.3. The van der Waals surface area contributed by atoms with Crippen molar-refractivity contribution in [3.05, 3.63) is 86.7 Å². The van der Waals surface area contributed by atoms with Crippen LogP contribution in [0.1, 0.15) is 22.3 Å². The largest absolute Gasteiger partial charge is 0.494 e. The standard InChI is InChI=1S/C32H30Cl2N2O6S2/c33-23-5-8-27(34)25(20-23)26-18-21(2-9-28(26)42-17-13-35-11-15-40-16-12-35)19-29-30(37)36(32(43)44-29)10-1-14-41-24-6-3-22(4-7-24)31(38)39/h2-9,18-20H,1,10-17H2,(H,38,39)/b29-19-. The van der Waals surface area contributed by atoms with Crippen LogP contribution in [0.3, 0.4) is 0 Å².